The molecule has 4 aromatic rings. The molecule has 0 aliphatic carbocycles. The zero-order valence-corrected chi connectivity index (χ0v) is 18.4. The molecule has 0 saturated carbocycles. The van der Waals surface area contributed by atoms with Crippen LogP contribution in [0.5, 0.6) is 11.5 Å². The normalized spacial score (nSPS) is 17.1. The van der Waals surface area contributed by atoms with Crippen molar-refractivity contribution in [1.29, 1.82) is 0 Å². The molecule has 31 heavy (non-hydrogen) atoms. The van der Waals surface area contributed by atoms with Crippen molar-refractivity contribution < 1.29 is 13.2 Å². The van der Waals surface area contributed by atoms with Gasteiger partial charge in [0.1, 0.15) is 11.5 Å². The fourth-order valence-corrected chi connectivity index (χ4v) is 7.05. The summed E-state index contributed by atoms with van der Waals surface area (Å²) in [4.78, 5) is 0.329. The minimum Gasteiger partial charge on any atom is -0.457 e. The van der Waals surface area contributed by atoms with Gasteiger partial charge in [-0.25, -0.2) is 8.42 Å². The summed E-state index contributed by atoms with van der Waals surface area (Å²) in [6, 6.07) is 30.4. The summed E-state index contributed by atoms with van der Waals surface area (Å²) >= 11 is 1.63. The summed E-state index contributed by atoms with van der Waals surface area (Å²) in [7, 11) is -3.63. The molecule has 0 bridgehead atoms. The van der Waals surface area contributed by atoms with E-state index in [2.05, 4.69) is 0 Å². The Morgan fingerprint density at radius 3 is 2.35 bits per heavy atom. The molecule has 1 heterocycles. The molecule has 1 aliphatic heterocycles. The van der Waals surface area contributed by atoms with Crippen LogP contribution in [0.2, 0.25) is 0 Å². The molecule has 0 N–H and O–H groups in total. The Bertz CT molecular complexity index is 1320. The quantitative estimate of drug-likeness (QED) is 0.373. The molecule has 0 radical (unpaired) electrons. The third kappa shape index (κ3) is 4.06. The van der Waals surface area contributed by atoms with Crippen molar-refractivity contribution in [2.75, 3.05) is 12.3 Å². The first kappa shape index (κ1) is 20.1. The highest BCUT2D eigenvalue weighted by Crippen LogP contribution is 2.42. The molecule has 1 atom stereocenters. The highest BCUT2D eigenvalue weighted by atomic mass is 32.2. The van der Waals surface area contributed by atoms with Crippen LogP contribution in [-0.4, -0.2) is 25.0 Å². The van der Waals surface area contributed by atoms with Crippen molar-refractivity contribution in [3.05, 3.63) is 103 Å². The third-order valence-electron chi connectivity index (χ3n) is 5.30. The van der Waals surface area contributed by atoms with Crippen LogP contribution in [0.15, 0.2) is 102 Å². The van der Waals surface area contributed by atoms with Gasteiger partial charge in [0.05, 0.1) is 10.3 Å². The molecule has 1 aliphatic rings. The molecule has 6 heteroatoms. The number of hydrogen-bond acceptors (Lipinski definition) is 4. The maximum atomic E-state index is 13.5. The lowest BCUT2D eigenvalue weighted by Gasteiger charge is -2.24. The average Bonchev–Trinajstić information content (AvgIpc) is 3.31. The predicted octanol–water partition coefficient (Wildman–Crippen LogP) is 6.07. The zero-order valence-electron chi connectivity index (χ0n) is 16.7. The first-order valence-corrected chi connectivity index (χ1v) is 12.6. The number of nitrogens with zero attached hydrogens (tertiary/aromatic N) is 1. The molecular formula is C25H21NO3S2. The van der Waals surface area contributed by atoms with Crippen molar-refractivity contribution >= 4 is 32.6 Å². The van der Waals surface area contributed by atoms with Gasteiger partial charge in [0.2, 0.25) is 10.0 Å². The van der Waals surface area contributed by atoms with Crippen LogP contribution in [0.25, 0.3) is 10.8 Å². The molecule has 5 rings (SSSR count). The molecule has 1 unspecified atom stereocenters. The molecule has 156 valence electrons. The Labute approximate surface area is 186 Å². The first-order chi connectivity index (χ1) is 15.1. The van der Waals surface area contributed by atoms with E-state index in [4.69, 9.17) is 4.74 Å². The molecule has 0 aromatic heterocycles. The van der Waals surface area contributed by atoms with E-state index in [0.717, 1.165) is 27.8 Å². The van der Waals surface area contributed by atoms with Crippen molar-refractivity contribution in [2.45, 2.75) is 10.3 Å². The lowest BCUT2D eigenvalue weighted by atomic mass is 10.1. The Balaban J connectivity index is 1.45. The minimum absolute atomic E-state index is 0.282. The van der Waals surface area contributed by atoms with Crippen LogP contribution in [0.1, 0.15) is 10.9 Å². The molecule has 1 fully saturated rings. The summed E-state index contributed by atoms with van der Waals surface area (Å²) in [6.45, 7) is 0.480. The Kier molecular flexibility index (Phi) is 5.44. The van der Waals surface area contributed by atoms with Gasteiger partial charge in [-0.1, -0.05) is 60.7 Å². The third-order valence-corrected chi connectivity index (χ3v) is 8.55. The van der Waals surface area contributed by atoms with Gasteiger partial charge in [0.15, 0.2) is 0 Å². The van der Waals surface area contributed by atoms with E-state index >= 15 is 0 Å². The Hall–Kier alpha value is -2.80. The van der Waals surface area contributed by atoms with Crippen LogP contribution in [0.4, 0.5) is 0 Å². The Morgan fingerprint density at radius 2 is 1.52 bits per heavy atom. The molecule has 4 aromatic carbocycles. The van der Waals surface area contributed by atoms with Crippen molar-refractivity contribution in [3.8, 4) is 11.5 Å². The monoisotopic (exact) mass is 447 g/mol. The molecule has 1 saturated heterocycles. The van der Waals surface area contributed by atoms with Crippen molar-refractivity contribution in [3.63, 3.8) is 0 Å². The van der Waals surface area contributed by atoms with Crippen LogP contribution in [-0.2, 0) is 10.0 Å². The Morgan fingerprint density at radius 1 is 0.774 bits per heavy atom. The second kappa shape index (κ2) is 8.38. The van der Waals surface area contributed by atoms with Gasteiger partial charge in [0.25, 0.3) is 0 Å². The highest BCUT2D eigenvalue weighted by molar-refractivity contribution is 8.01. The van der Waals surface area contributed by atoms with E-state index in [1.165, 1.54) is 0 Å². The van der Waals surface area contributed by atoms with Gasteiger partial charge in [0, 0.05) is 12.3 Å². The van der Waals surface area contributed by atoms with Crippen LogP contribution < -0.4 is 4.74 Å². The smallest absolute Gasteiger partial charge is 0.244 e. The second-order valence-corrected chi connectivity index (χ2v) is 10.4. The first-order valence-electron chi connectivity index (χ1n) is 10.1. The van der Waals surface area contributed by atoms with E-state index in [0.29, 0.717) is 17.2 Å². The van der Waals surface area contributed by atoms with Gasteiger partial charge in [-0.2, -0.15) is 4.31 Å². The lowest BCUT2D eigenvalue weighted by Crippen LogP contribution is -2.30. The highest BCUT2D eigenvalue weighted by Gasteiger charge is 2.37. The topological polar surface area (TPSA) is 46.6 Å². The summed E-state index contributed by atoms with van der Waals surface area (Å²) in [5.41, 5.74) is 0.917. The van der Waals surface area contributed by atoms with Gasteiger partial charge < -0.3 is 4.74 Å². The predicted molar refractivity (Wildman–Crippen MR) is 126 cm³/mol. The number of para-hydroxylation sites is 1. The van der Waals surface area contributed by atoms with E-state index in [1.807, 2.05) is 84.9 Å². The van der Waals surface area contributed by atoms with Crippen molar-refractivity contribution in [1.82, 2.24) is 4.31 Å². The number of benzene rings is 4. The second-order valence-electron chi connectivity index (χ2n) is 7.34. The summed E-state index contributed by atoms with van der Waals surface area (Å²) < 4.78 is 34.6. The van der Waals surface area contributed by atoms with E-state index in [1.54, 1.807) is 28.2 Å². The van der Waals surface area contributed by atoms with Gasteiger partial charge in [-0.15, -0.1) is 11.8 Å². The lowest BCUT2D eigenvalue weighted by molar-refractivity contribution is 0.432. The minimum atomic E-state index is -3.63. The SMILES string of the molecule is O=S(=O)(c1ccc2ccccc2c1)N1CCSC1c1cccc(Oc2ccccc2)c1. The maximum absolute atomic E-state index is 13.5. The molecule has 4 nitrogen and oxygen atoms in total. The van der Waals surface area contributed by atoms with Crippen LogP contribution in [0.3, 0.4) is 0 Å². The summed E-state index contributed by atoms with van der Waals surface area (Å²) in [5.74, 6) is 2.19. The summed E-state index contributed by atoms with van der Waals surface area (Å²) in [5, 5.41) is 1.67. The fraction of sp³-hybridized carbons (Fsp3) is 0.120. The van der Waals surface area contributed by atoms with Gasteiger partial charge >= 0.3 is 0 Å². The molecular weight excluding hydrogens is 426 g/mol. The van der Waals surface area contributed by atoms with Crippen LogP contribution in [0, 0.1) is 0 Å². The van der Waals surface area contributed by atoms with Gasteiger partial charge in [-0.3, -0.25) is 0 Å². The number of fused-ring (bicyclic) bond motifs is 1. The van der Waals surface area contributed by atoms with Crippen molar-refractivity contribution in [2.24, 2.45) is 0 Å². The standard InChI is InChI=1S/C25H21NO3S2/c27-31(28,24-14-13-19-7-4-5-8-20(19)18-24)26-15-16-30-25(26)21-9-6-12-23(17-21)29-22-10-2-1-3-11-22/h1-14,17-18,25H,15-16H2. The van der Waals surface area contributed by atoms with E-state index in [-0.39, 0.29) is 5.37 Å². The van der Waals surface area contributed by atoms with E-state index < -0.39 is 10.0 Å². The maximum Gasteiger partial charge on any atom is 0.244 e. The fourth-order valence-electron chi connectivity index (χ4n) is 3.78. The largest absolute Gasteiger partial charge is 0.457 e. The number of ether oxygens (including phenoxy) is 1. The number of sulfonamides is 1. The number of thioether (sulfide) groups is 1. The van der Waals surface area contributed by atoms with Gasteiger partial charge in [-0.05, 0) is 52.7 Å². The van der Waals surface area contributed by atoms with E-state index in [9.17, 15) is 8.42 Å². The molecule has 0 amide bonds. The summed E-state index contributed by atoms with van der Waals surface area (Å²) in [6.07, 6.45) is 0. The zero-order chi connectivity index (χ0) is 21.3. The number of rotatable bonds is 5. The average molecular weight is 448 g/mol. The molecule has 0 spiro atoms. The van der Waals surface area contributed by atoms with Crippen LogP contribution >= 0.6 is 11.8 Å². The number of hydrogen-bond donors (Lipinski definition) is 0.